The summed E-state index contributed by atoms with van der Waals surface area (Å²) in [4.78, 5) is 7.77. The van der Waals surface area contributed by atoms with Crippen molar-refractivity contribution in [1.82, 2.24) is 9.97 Å². The second-order valence-corrected chi connectivity index (χ2v) is 6.93. The summed E-state index contributed by atoms with van der Waals surface area (Å²) in [6.45, 7) is 0. The summed E-state index contributed by atoms with van der Waals surface area (Å²) in [6, 6.07) is 14.9. The van der Waals surface area contributed by atoms with E-state index in [4.69, 9.17) is 0 Å². The van der Waals surface area contributed by atoms with Crippen LogP contribution in [0.4, 0.5) is 0 Å². The molecule has 5 rings (SSSR count). The van der Waals surface area contributed by atoms with Crippen LogP contribution in [-0.4, -0.2) is 15.1 Å². The maximum Gasteiger partial charge on any atom is 0.143 e. The standard InChI is InChI=1S/C14H14.C10H8N2O2.CH3.ClH.Ru/c1-2-6-12-10-14-8-4-3-7-13(14)9-11(12)5-1;13-7-3-1-5-11-9(7)10-8(14)4-2-6-12-10;;;/h1-6H,7-10H2;1-6,13-14H;1H3;1H;/q;;-1;;+2/p-2. The third kappa shape index (κ3) is 6.25. The van der Waals surface area contributed by atoms with Crippen LogP contribution in [0.5, 0.6) is 11.5 Å². The molecule has 1 N–H and O–H groups in total. The van der Waals surface area contributed by atoms with E-state index < -0.39 is 0 Å². The smallest absolute Gasteiger partial charge is 0.143 e. The fourth-order valence-electron chi connectivity index (χ4n) is 3.64. The number of halogens is 1. The second kappa shape index (κ2) is 12.4. The molecular weight excluding hydrogens is 497 g/mol. The van der Waals surface area contributed by atoms with Gasteiger partial charge in [0.05, 0.1) is 5.69 Å². The van der Waals surface area contributed by atoms with E-state index in [2.05, 4.69) is 56.1 Å². The first-order chi connectivity index (χ1) is 14.7. The van der Waals surface area contributed by atoms with E-state index >= 15 is 0 Å². The molecule has 0 atom stereocenters. The molecule has 0 spiro atoms. The van der Waals surface area contributed by atoms with Crippen LogP contribution in [0, 0.1) is 7.43 Å². The summed E-state index contributed by atoms with van der Waals surface area (Å²) in [5.74, 6) is -0.287. The van der Waals surface area contributed by atoms with Crippen LogP contribution in [-0.2, 0) is 30.2 Å². The van der Waals surface area contributed by atoms with Crippen LogP contribution < -0.4 is 5.11 Å². The minimum atomic E-state index is -0.249. The molecule has 0 radical (unpaired) electrons. The Morgan fingerprint density at radius 3 is 1.81 bits per heavy atom. The Kier molecular flexibility index (Phi) is 9.90. The van der Waals surface area contributed by atoms with Crippen molar-refractivity contribution in [1.29, 1.82) is 0 Å². The first-order valence-corrected chi connectivity index (χ1v) is 11.8. The molecule has 2 heterocycles. The third-order valence-corrected chi connectivity index (χ3v) is 5.10. The van der Waals surface area contributed by atoms with Crippen LogP contribution in [0.1, 0.15) is 24.0 Å². The monoisotopic (exact) mass is 521 g/mol. The summed E-state index contributed by atoms with van der Waals surface area (Å²) in [7, 11) is 4.57. The maximum atomic E-state index is 11.4. The van der Waals surface area contributed by atoms with Gasteiger partial charge in [-0.1, -0.05) is 59.4 Å². The average molecular weight is 521 g/mol. The summed E-state index contributed by atoms with van der Waals surface area (Å²) >= 11 is 1.82. The average Bonchev–Trinajstić information content (AvgIpc) is 2.80. The van der Waals surface area contributed by atoms with Crippen molar-refractivity contribution in [2.24, 2.45) is 0 Å². The topological polar surface area (TPSA) is 69.1 Å². The summed E-state index contributed by atoms with van der Waals surface area (Å²) in [5.41, 5.74) is 6.82. The van der Waals surface area contributed by atoms with E-state index in [-0.39, 0.29) is 30.3 Å². The van der Waals surface area contributed by atoms with Gasteiger partial charge in [0.15, 0.2) is 0 Å². The quantitative estimate of drug-likeness (QED) is 0.262. The van der Waals surface area contributed by atoms with Crippen molar-refractivity contribution in [2.45, 2.75) is 25.7 Å². The van der Waals surface area contributed by atoms with Crippen molar-refractivity contribution < 1.29 is 27.5 Å². The molecule has 6 heteroatoms. The molecule has 2 aromatic heterocycles. The maximum absolute atomic E-state index is 11.4. The van der Waals surface area contributed by atoms with Crippen molar-refractivity contribution in [3.63, 3.8) is 0 Å². The molecule has 0 fully saturated rings. The van der Waals surface area contributed by atoms with Crippen LogP contribution >= 0.6 is 9.69 Å². The normalized spacial score (nSPS) is 13.4. The fraction of sp³-hybridized carbons (Fsp3) is 0.160. The molecule has 0 saturated carbocycles. The van der Waals surface area contributed by atoms with Gasteiger partial charge in [0.2, 0.25) is 0 Å². The molecule has 162 valence electrons. The molecule has 0 aliphatic heterocycles. The summed E-state index contributed by atoms with van der Waals surface area (Å²) in [6.07, 6.45) is 12.4. The number of pyridine rings is 2. The Morgan fingerprint density at radius 1 is 0.774 bits per heavy atom. The van der Waals surface area contributed by atoms with Crippen molar-refractivity contribution in [3.8, 4) is 22.9 Å². The number of hydrogen-bond donors (Lipinski definition) is 1. The number of rotatable bonds is 1. The number of nitrogens with zero attached hydrogens (tertiary/aromatic N) is 2. The molecule has 0 bridgehead atoms. The molecule has 1 aromatic carbocycles. The van der Waals surface area contributed by atoms with Gasteiger partial charge >= 0.3 is 27.0 Å². The van der Waals surface area contributed by atoms with Crippen LogP contribution in [0.15, 0.2) is 84.2 Å². The predicted octanol–water partition coefficient (Wildman–Crippen LogP) is 5.49. The largest absolute Gasteiger partial charge is 0.871 e. The number of aromatic nitrogens is 2. The Hall–Kier alpha value is -2.49. The Bertz CT molecular complexity index is 984. The number of fused-ring (bicyclic) bond motifs is 1. The molecule has 3 aromatic rings. The Labute approximate surface area is 198 Å². The third-order valence-electron chi connectivity index (χ3n) is 5.10. The van der Waals surface area contributed by atoms with Gasteiger partial charge in [-0.25, -0.2) is 0 Å². The van der Waals surface area contributed by atoms with Gasteiger partial charge in [-0.15, -0.1) is 0 Å². The molecule has 0 amide bonds. The Balaban J connectivity index is 0.000000198. The Morgan fingerprint density at radius 2 is 1.29 bits per heavy atom. The molecule has 0 saturated heterocycles. The van der Waals surface area contributed by atoms with Gasteiger partial charge in [-0.3, -0.25) is 9.97 Å². The fourth-order valence-corrected chi connectivity index (χ4v) is 3.64. The van der Waals surface area contributed by atoms with E-state index in [1.165, 1.54) is 50.2 Å². The molecule has 2 aliphatic rings. The van der Waals surface area contributed by atoms with Gasteiger partial charge in [0.25, 0.3) is 0 Å². The molecule has 4 nitrogen and oxygen atoms in total. The van der Waals surface area contributed by atoms with Gasteiger partial charge in [0, 0.05) is 12.4 Å². The zero-order valence-electron chi connectivity index (χ0n) is 17.2. The number of allylic oxidation sites excluding steroid dienone is 4. The summed E-state index contributed by atoms with van der Waals surface area (Å²) in [5, 5.41) is 20.8. The SMILES string of the molecule is C1=CCC2=C(C1)Cc1ccccc1C2.[CH3-].[Cl][Ru+].[O-]c1cccnc1-c1ncccc1O. The van der Waals surface area contributed by atoms with E-state index in [1.54, 1.807) is 34.4 Å². The number of hydrogen-bond acceptors (Lipinski definition) is 4. The van der Waals surface area contributed by atoms with Crippen LogP contribution in [0.2, 0.25) is 0 Å². The number of benzene rings is 1. The molecule has 31 heavy (non-hydrogen) atoms. The van der Waals surface area contributed by atoms with E-state index in [0.717, 1.165) is 0 Å². The van der Waals surface area contributed by atoms with Crippen LogP contribution in [0.25, 0.3) is 11.4 Å². The van der Waals surface area contributed by atoms with Crippen LogP contribution in [0.3, 0.4) is 0 Å². The predicted molar refractivity (Wildman–Crippen MR) is 120 cm³/mol. The van der Waals surface area contributed by atoms with Crippen molar-refractivity contribution in [2.75, 3.05) is 0 Å². The van der Waals surface area contributed by atoms with E-state index in [9.17, 15) is 10.2 Å². The van der Waals surface area contributed by atoms with Gasteiger partial charge < -0.3 is 17.6 Å². The number of aromatic hydroxyl groups is 1. The first kappa shape index (κ1) is 24.8. The molecule has 2 aliphatic carbocycles. The minimum absolute atomic E-state index is 0. The zero-order chi connectivity index (χ0) is 21.3. The van der Waals surface area contributed by atoms with Gasteiger partial charge in [-0.2, -0.15) is 0 Å². The molecular formula is C25H24ClN2O2Ru-. The van der Waals surface area contributed by atoms with Gasteiger partial charge in [-0.05, 0) is 55.0 Å². The summed E-state index contributed by atoms with van der Waals surface area (Å²) < 4.78 is 0. The first-order valence-electron chi connectivity index (χ1n) is 9.53. The molecule has 0 unspecified atom stereocenters. The second-order valence-electron chi connectivity index (χ2n) is 6.93. The van der Waals surface area contributed by atoms with E-state index in [0.29, 0.717) is 0 Å². The van der Waals surface area contributed by atoms with Gasteiger partial charge in [0.1, 0.15) is 11.4 Å². The van der Waals surface area contributed by atoms with Crippen molar-refractivity contribution in [3.05, 3.63) is 103 Å². The minimum Gasteiger partial charge on any atom is -0.871 e. The van der Waals surface area contributed by atoms with E-state index in [1.807, 2.05) is 17.3 Å². The zero-order valence-corrected chi connectivity index (χ0v) is 19.7. The van der Waals surface area contributed by atoms with Crippen molar-refractivity contribution >= 4 is 9.69 Å².